The van der Waals surface area contributed by atoms with Crippen molar-refractivity contribution >= 4 is 52.4 Å². The number of halogens is 1. The first-order valence-electron chi connectivity index (χ1n) is 6.69. The lowest BCUT2D eigenvalue weighted by Crippen LogP contribution is -2.20. The molecular formula is C14H16ClN5O4S. The van der Waals surface area contributed by atoms with Crippen LogP contribution in [0.4, 0.5) is 10.8 Å². The van der Waals surface area contributed by atoms with Gasteiger partial charge in [0.2, 0.25) is 0 Å². The quantitative estimate of drug-likeness (QED) is 0.376. The molecule has 11 heteroatoms. The molecule has 25 heavy (non-hydrogen) atoms. The van der Waals surface area contributed by atoms with Gasteiger partial charge in [0, 0.05) is 5.69 Å². The topological polar surface area (TPSA) is 150 Å². The van der Waals surface area contributed by atoms with Gasteiger partial charge in [0.25, 0.3) is 5.91 Å². The van der Waals surface area contributed by atoms with Gasteiger partial charge in [-0.1, -0.05) is 11.3 Å². The third kappa shape index (κ3) is 5.94. The molecule has 9 nitrogen and oxygen atoms in total. The number of thiazole rings is 1. The highest BCUT2D eigenvalue weighted by Gasteiger charge is 2.16. The Bertz CT molecular complexity index is 778. The summed E-state index contributed by atoms with van der Waals surface area (Å²) in [7, 11) is 0. The van der Waals surface area contributed by atoms with E-state index in [1.807, 2.05) is 0 Å². The van der Waals surface area contributed by atoms with Gasteiger partial charge in [0.1, 0.15) is 10.6 Å². The van der Waals surface area contributed by atoms with E-state index in [0.717, 1.165) is 11.3 Å². The normalized spacial score (nSPS) is 9.64. The van der Waals surface area contributed by atoms with E-state index in [0.29, 0.717) is 27.1 Å². The van der Waals surface area contributed by atoms with Gasteiger partial charge in [0.15, 0.2) is 17.7 Å². The van der Waals surface area contributed by atoms with E-state index in [-0.39, 0.29) is 24.3 Å². The first-order chi connectivity index (χ1) is 11.3. The molecule has 2 aromatic rings. The number of nitrogens with two attached hydrogens (primary N) is 1. The van der Waals surface area contributed by atoms with Crippen LogP contribution >= 0.6 is 23.7 Å². The maximum Gasteiger partial charge on any atom is 0.341 e. The van der Waals surface area contributed by atoms with Crippen LogP contribution in [0.1, 0.15) is 15.4 Å². The number of guanidine groups is 1. The number of ether oxygens (including phenoxy) is 1. The molecule has 1 aromatic heterocycles. The van der Waals surface area contributed by atoms with E-state index < -0.39 is 12.6 Å². The van der Waals surface area contributed by atoms with E-state index in [4.69, 9.17) is 21.0 Å². The maximum absolute atomic E-state index is 12.3. The molecule has 0 aliphatic heterocycles. The average molecular weight is 386 g/mol. The number of carbonyl (C=O) groups is 2. The molecule has 1 aromatic carbocycles. The molecule has 0 atom stereocenters. The van der Waals surface area contributed by atoms with Crippen LogP contribution in [-0.4, -0.2) is 34.5 Å². The lowest BCUT2D eigenvalue weighted by Gasteiger charge is -2.06. The number of amides is 1. The Hall–Kier alpha value is -2.85. The largest absolute Gasteiger partial charge is 0.482 e. The fourth-order valence-corrected chi connectivity index (χ4v) is 2.62. The Morgan fingerprint density at radius 3 is 2.52 bits per heavy atom. The Kier molecular flexibility index (Phi) is 7.15. The van der Waals surface area contributed by atoms with Gasteiger partial charge in [-0.25, -0.2) is 9.78 Å². The third-order valence-electron chi connectivity index (χ3n) is 2.72. The van der Waals surface area contributed by atoms with Gasteiger partial charge in [-0.15, -0.1) is 12.4 Å². The van der Waals surface area contributed by atoms with Crippen LogP contribution in [0.25, 0.3) is 0 Å². The Balaban J connectivity index is 0.00000312. The molecule has 0 bridgehead atoms. The van der Waals surface area contributed by atoms with Crippen molar-refractivity contribution in [2.24, 2.45) is 5.73 Å². The fraction of sp³-hybridized carbons (Fsp3) is 0.143. The number of rotatable bonds is 6. The smallest absolute Gasteiger partial charge is 0.341 e. The molecule has 0 radical (unpaired) electrons. The summed E-state index contributed by atoms with van der Waals surface area (Å²) in [5.41, 5.74) is 6.27. The van der Waals surface area contributed by atoms with E-state index in [9.17, 15) is 9.59 Å². The second kappa shape index (κ2) is 8.85. The van der Waals surface area contributed by atoms with Crippen LogP contribution in [-0.2, 0) is 4.79 Å². The average Bonchev–Trinajstić information content (AvgIpc) is 2.86. The molecule has 0 spiro atoms. The number of carbonyl (C=O) groups excluding carboxylic acids is 1. The molecule has 2 rings (SSSR count). The Labute approximate surface area is 153 Å². The number of benzene rings is 1. The number of nitrogens with zero attached hydrogens (tertiary/aromatic N) is 1. The minimum absolute atomic E-state index is 0. The van der Waals surface area contributed by atoms with E-state index in [1.165, 1.54) is 0 Å². The molecule has 1 amide bonds. The second-order valence-electron chi connectivity index (χ2n) is 4.63. The van der Waals surface area contributed by atoms with E-state index in [1.54, 1.807) is 31.2 Å². The lowest BCUT2D eigenvalue weighted by atomic mass is 10.3. The van der Waals surface area contributed by atoms with Gasteiger partial charge in [-0.2, -0.15) is 0 Å². The van der Waals surface area contributed by atoms with Crippen molar-refractivity contribution in [3.8, 4) is 5.75 Å². The number of aromatic nitrogens is 1. The van der Waals surface area contributed by atoms with Crippen LogP contribution in [0, 0.1) is 12.3 Å². The highest BCUT2D eigenvalue weighted by molar-refractivity contribution is 7.17. The molecule has 0 aliphatic carbocycles. The summed E-state index contributed by atoms with van der Waals surface area (Å²) in [6.45, 7) is 1.25. The highest BCUT2D eigenvalue weighted by Crippen LogP contribution is 2.24. The molecule has 0 saturated carbocycles. The van der Waals surface area contributed by atoms with Crippen molar-refractivity contribution < 1.29 is 19.4 Å². The summed E-state index contributed by atoms with van der Waals surface area (Å²) in [5, 5.41) is 21.3. The zero-order chi connectivity index (χ0) is 17.7. The van der Waals surface area contributed by atoms with Crippen LogP contribution in [0.5, 0.6) is 5.75 Å². The second-order valence-corrected chi connectivity index (χ2v) is 5.63. The molecule has 1 heterocycles. The van der Waals surface area contributed by atoms with Gasteiger partial charge in [-0.05, 0) is 31.2 Å². The van der Waals surface area contributed by atoms with Crippen LogP contribution < -0.4 is 21.1 Å². The van der Waals surface area contributed by atoms with Crippen LogP contribution in [0.2, 0.25) is 0 Å². The Morgan fingerprint density at radius 1 is 1.32 bits per heavy atom. The summed E-state index contributed by atoms with van der Waals surface area (Å²) in [5.74, 6) is -1.28. The van der Waals surface area contributed by atoms with Gasteiger partial charge in [-0.3, -0.25) is 10.2 Å². The van der Waals surface area contributed by atoms with Crippen molar-refractivity contribution in [2.75, 3.05) is 17.2 Å². The van der Waals surface area contributed by atoms with Crippen molar-refractivity contribution in [3.05, 3.63) is 34.8 Å². The number of hydrogen-bond acceptors (Lipinski definition) is 6. The summed E-state index contributed by atoms with van der Waals surface area (Å²) in [4.78, 5) is 27.2. The lowest BCUT2D eigenvalue weighted by molar-refractivity contribution is -0.139. The molecule has 134 valence electrons. The van der Waals surface area contributed by atoms with Crippen LogP contribution in [0.15, 0.2) is 24.3 Å². The molecule has 0 fully saturated rings. The van der Waals surface area contributed by atoms with Crippen molar-refractivity contribution in [1.29, 1.82) is 5.41 Å². The summed E-state index contributed by atoms with van der Waals surface area (Å²) in [6.07, 6.45) is 0. The van der Waals surface area contributed by atoms with Gasteiger partial charge >= 0.3 is 5.97 Å². The predicted octanol–water partition coefficient (Wildman–Crippen LogP) is 1.89. The SMILES string of the molecule is Cc1nc(NC(=N)N)sc1C(=O)Nc1ccc(OCC(=O)O)cc1.Cl. The highest BCUT2D eigenvalue weighted by atomic mass is 35.5. The minimum atomic E-state index is -1.07. The number of carboxylic acids is 1. The van der Waals surface area contributed by atoms with Crippen LogP contribution in [0.3, 0.4) is 0 Å². The standard InChI is InChI=1S/C14H15N5O4S.ClH/c1-7-11(24-14(17-7)19-13(15)16)12(22)18-8-2-4-9(5-3-8)23-6-10(20)21;/h2-5H,6H2,1H3,(H,18,22)(H,20,21)(H4,15,16,17,19);1H. The molecule has 6 N–H and O–H groups in total. The number of anilines is 2. The van der Waals surface area contributed by atoms with E-state index >= 15 is 0 Å². The van der Waals surface area contributed by atoms with Crippen molar-refractivity contribution in [2.45, 2.75) is 6.92 Å². The summed E-state index contributed by atoms with van der Waals surface area (Å²) < 4.78 is 5.01. The summed E-state index contributed by atoms with van der Waals surface area (Å²) >= 11 is 1.08. The number of carboxylic acid groups (broad SMARTS) is 1. The zero-order valence-corrected chi connectivity index (χ0v) is 14.7. The van der Waals surface area contributed by atoms with Crippen molar-refractivity contribution in [1.82, 2.24) is 4.98 Å². The fourth-order valence-electron chi connectivity index (χ4n) is 1.74. The number of aryl methyl sites for hydroxylation is 1. The molecule has 0 aliphatic rings. The first-order valence-corrected chi connectivity index (χ1v) is 7.51. The predicted molar refractivity (Wildman–Crippen MR) is 97.2 cm³/mol. The molecule has 0 unspecified atom stereocenters. The number of aliphatic carboxylic acids is 1. The first kappa shape index (κ1) is 20.2. The number of hydrogen-bond donors (Lipinski definition) is 5. The zero-order valence-electron chi connectivity index (χ0n) is 13.0. The minimum Gasteiger partial charge on any atom is -0.482 e. The third-order valence-corrected chi connectivity index (χ3v) is 3.79. The van der Waals surface area contributed by atoms with E-state index in [2.05, 4.69) is 15.6 Å². The molecular weight excluding hydrogens is 370 g/mol. The van der Waals surface area contributed by atoms with Gasteiger partial charge < -0.3 is 26.2 Å². The van der Waals surface area contributed by atoms with Gasteiger partial charge in [0.05, 0.1) is 5.69 Å². The number of nitrogens with one attached hydrogen (secondary N) is 3. The molecule has 0 saturated heterocycles. The summed E-state index contributed by atoms with van der Waals surface area (Å²) in [6, 6.07) is 6.31. The maximum atomic E-state index is 12.3. The Morgan fingerprint density at radius 2 is 1.96 bits per heavy atom. The monoisotopic (exact) mass is 385 g/mol. The van der Waals surface area contributed by atoms with Crippen molar-refractivity contribution in [3.63, 3.8) is 0 Å².